The molecule has 0 spiro atoms. The second-order valence-electron chi connectivity index (χ2n) is 4.94. The van der Waals surface area contributed by atoms with Crippen molar-refractivity contribution in [3.63, 3.8) is 0 Å². The fourth-order valence-corrected chi connectivity index (χ4v) is 3.47. The molecule has 0 saturated carbocycles. The van der Waals surface area contributed by atoms with Gasteiger partial charge in [-0.1, -0.05) is 40.9 Å². The normalized spacial score (nSPS) is 12.2. The Morgan fingerprint density at radius 1 is 1.17 bits per heavy atom. The number of sulfonamides is 1. The fraction of sp³-hybridized carbons (Fsp3) is 0.133. The number of hydrogen-bond donors (Lipinski definition) is 2. The van der Waals surface area contributed by atoms with Crippen LogP contribution in [0.25, 0.3) is 0 Å². The second kappa shape index (κ2) is 7.61. The van der Waals surface area contributed by atoms with E-state index in [9.17, 15) is 8.42 Å². The van der Waals surface area contributed by atoms with Crippen molar-refractivity contribution in [3.8, 4) is 0 Å². The van der Waals surface area contributed by atoms with Gasteiger partial charge in [-0.2, -0.15) is 0 Å². The molecular formula is C15H14Cl3N3O2S. The Hall–Kier alpha value is -1.47. The third-order valence-electron chi connectivity index (χ3n) is 3.01. The van der Waals surface area contributed by atoms with Gasteiger partial charge in [0, 0.05) is 0 Å². The third-order valence-corrected chi connectivity index (χ3v) is 5.28. The van der Waals surface area contributed by atoms with Crippen molar-refractivity contribution in [2.45, 2.75) is 11.8 Å². The zero-order chi connectivity index (χ0) is 17.9. The van der Waals surface area contributed by atoms with Crippen molar-refractivity contribution in [2.24, 2.45) is 10.7 Å². The molecule has 0 atom stereocenters. The molecule has 2 rings (SSSR count). The maximum atomic E-state index is 12.5. The van der Waals surface area contributed by atoms with Gasteiger partial charge in [-0.05, 0) is 31.2 Å². The average molecular weight is 407 g/mol. The number of amidine groups is 1. The zero-order valence-corrected chi connectivity index (χ0v) is 15.6. The van der Waals surface area contributed by atoms with Crippen LogP contribution in [-0.2, 0) is 10.0 Å². The van der Waals surface area contributed by atoms with E-state index in [0.717, 1.165) is 5.56 Å². The van der Waals surface area contributed by atoms with Gasteiger partial charge in [-0.25, -0.2) is 13.4 Å². The molecule has 0 bridgehead atoms. The minimum Gasteiger partial charge on any atom is -0.386 e. The maximum absolute atomic E-state index is 12.5. The van der Waals surface area contributed by atoms with Crippen LogP contribution >= 0.6 is 34.8 Å². The molecule has 9 heteroatoms. The molecule has 0 radical (unpaired) electrons. The maximum Gasteiger partial charge on any atom is 0.261 e. The van der Waals surface area contributed by atoms with Gasteiger partial charge in [0.2, 0.25) is 0 Å². The summed E-state index contributed by atoms with van der Waals surface area (Å²) in [6.45, 7) is 1.87. The number of aryl methyl sites for hydroxylation is 1. The summed E-state index contributed by atoms with van der Waals surface area (Å²) in [5, 5.41) is 0.366. The van der Waals surface area contributed by atoms with Crippen molar-refractivity contribution in [1.82, 2.24) is 0 Å². The molecule has 24 heavy (non-hydrogen) atoms. The summed E-state index contributed by atoms with van der Waals surface area (Å²) in [5.41, 5.74) is 6.94. The van der Waals surface area contributed by atoms with E-state index < -0.39 is 10.0 Å². The molecule has 5 nitrogen and oxygen atoms in total. The number of nitrogens with one attached hydrogen (secondary N) is 1. The number of benzene rings is 2. The summed E-state index contributed by atoms with van der Waals surface area (Å²) >= 11 is 17.7. The Labute approximate surface area is 155 Å². The first kappa shape index (κ1) is 18.9. The van der Waals surface area contributed by atoms with E-state index >= 15 is 0 Å². The molecule has 0 amide bonds. The smallest absolute Gasteiger partial charge is 0.261 e. The minimum atomic E-state index is -3.80. The third kappa shape index (κ3) is 4.54. The van der Waals surface area contributed by atoms with E-state index in [-0.39, 0.29) is 38.0 Å². The average Bonchev–Trinajstić information content (AvgIpc) is 2.52. The van der Waals surface area contributed by atoms with Crippen LogP contribution in [0.3, 0.4) is 0 Å². The zero-order valence-electron chi connectivity index (χ0n) is 12.6. The highest BCUT2D eigenvalue weighted by molar-refractivity contribution is 7.92. The molecule has 0 aliphatic rings. The van der Waals surface area contributed by atoms with Gasteiger partial charge in [-0.3, -0.25) is 4.72 Å². The lowest BCUT2D eigenvalue weighted by Crippen LogP contribution is -2.14. The van der Waals surface area contributed by atoms with Crippen LogP contribution in [0.4, 0.5) is 11.4 Å². The predicted octanol–water partition coefficient (Wildman–Crippen LogP) is 4.33. The van der Waals surface area contributed by atoms with E-state index in [0.29, 0.717) is 0 Å². The van der Waals surface area contributed by atoms with Crippen molar-refractivity contribution >= 4 is 62.0 Å². The Balaban J connectivity index is 2.42. The Kier molecular flexibility index (Phi) is 5.98. The highest BCUT2D eigenvalue weighted by atomic mass is 35.5. The quantitative estimate of drug-likeness (QED) is 0.440. The number of hydrogen-bond acceptors (Lipinski definition) is 3. The van der Waals surface area contributed by atoms with Crippen LogP contribution in [0, 0.1) is 6.92 Å². The first-order chi connectivity index (χ1) is 11.2. The first-order valence-corrected chi connectivity index (χ1v) is 9.48. The first-order valence-electron chi connectivity index (χ1n) is 6.70. The number of anilines is 1. The largest absolute Gasteiger partial charge is 0.386 e. The lowest BCUT2D eigenvalue weighted by atomic mass is 10.2. The molecule has 3 N–H and O–H groups in total. The Morgan fingerprint density at radius 3 is 2.38 bits per heavy atom. The SMILES string of the molecule is Cc1ccc(S(=O)(=O)Nc2cc(N=C(N)CCl)c(Cl)cc2Cl)cc1. The van der Waals surface area contributed by atoms with Crippen LogP contribution in [0.2, 0.25) is 10.0 Å². The molecule has 0 aromatic heterocycles. The van der Waals surface area contributed by atoms with E-state index in [1.165, 1.54) is 24.3 Å². The Morgan fingerprint density at radius 2 is 1.79 bits per heavy atom. The van der Waals surface area contributed by atoms with Crippen LogP contribution in [0.15, 0.2) is 46.3 Å². The van der Waals surface area contributed by atoms with Crippen LogP contribution in [0.5, 0.6) is 0 Å². The van der Waals surface area contributed by atoms with Crippen LogP contribution in [-0.4, -0.2) is 20.1 Å². The van der Waals surface area contributed by atoms with Crippen molar-refractivity contribution in [3.05, 3.63) is 52.0 Å². The monoisotopic (exact) mass is 405 g/mol. The summed E-state index contributed by atoms with van der Waals surface area (Å²) in [5.74, 6) is 0.164. The van der Waals surface area contributed by atoms with Crippen molar-refractivity contribution in [2.75, 3.05) is 10.6 Å². The predicted molar refractivity (Wildman–Crippen MR) is 100 cm³/mol. The van der Waals surface area contributed by atoms with Gasteiger partial charge in [0.25, 0.3) is 10.0 Å². The molecule has 0 heterocycles. The summed E-state index contributed by atoms with van der Waals surface area (Å²) in [4.78, 5) is 4.15. The highest BCUT2D eigenvalue weighted by Gasteiger charge is 2.17. The lowest BCUT2D eigenvalue weighted by Gasteiger charge is -2.11. The Bertz CT molecular complexity index is 882. The van der Waals surface area contributed by atoms with E-state index in [2.05, 4.69) is 9.71 Å². The van der Waals surface area contributed by atoms with E-state index in [4.69, 9.17) is 40.5 Å². The van der Waals surface area contributed by atoms with Gasteiger partial charge >= 0.3 is 0 Å². The van der Waals surface area contributed by atoms with Crippen molar-refractivity contribution < 1.29 is 8.42 Å². The van der Waals surface area contributed by atoms with E-state index in [1.54, 1.807) is 12.1 Å². The van der Waals surface area contributed by atoms with Crippen molar-refractivity contribution in [1.29, 1.82) is 0 Å². The minimum absolute atomic E-state index is 0.0172. The molecular weight excluding hydrogens is 393 g/mol. The van der Waals surface area contributed by atoms with Gasteiger partial charge < -0.3 is 5.73 Å². The standard InChI is InChI=1S/C15H14Cl3N3O2S/c1-9-2-4-10(5-3-9)24(22,23)21-14-7-13(20-15(19)8-16)11(17)6-12(14)18/h2-7,21H,8H2,1H3,(H2,19,20). The van der Waals surface area contributed by atoms with Crippen LogP contribution in [0.1, 0.15) is 5.56 Å². The van der Waals surface area contributed by atoms with Crippen LogP contribution < -0.4 is 10.5 Å². The number of alkyl halides is 1. The molecule has 0 unspecified atom stereocenters. The number of nitrogens with two attached hydrogens (primary N) is 1. The van der Waals surface area contributed by atoms with Gasteiger partial charge in [0.05, 0.1) is 32.2 Å². The topological polar surface area (TPSA) is 84.5 Å². The molecule has 0 saturated heterocycles. The second-order valence-corrected chi connectivity index (χ2v) is 7.70. The van der Waals surface area contributed by atoms with E-state index in [1.807, 2.05) is 6.92 Å². The highest BCUT2D eigenvalue weighted by Crippen LogP contribution is 2.35. The molecule has 2 aromatic rings. The molecule has 0 aliphatic carbocycles. The summed E-state index contributed by atoms with van der Waals surface area (Å²) in [6.07, 6.45) is 0. The molecule has 0 aliphatic heterocycles. The van der Waals surface area contributed by atoms with Gasteiger partial charge in [0.15, 0.2) is 0 Å². The molecule has 128 valence electrons. The number of nitrogens with zero attached hydrogens (tertiary/aromatic N) is 1. The fourth-order valence-electron chi connectivity index (χ4n) is 1.81. The van der Waals surface area contributed by atoms with Gasteiger partial charge in [0.1, 0.15) is 5.84 Å². The summed E-state index contributed by atoms with van der Waals surface area (Å²) in [6, 6.07) is 9.20. The number of rotatable bonds is 5. The number of aliphatic imine (C=N–C) groups is 1. The lowest BCUT2D eigenvalue weighted by molar-refractivity contribution is 0.601. The molecule has 2 aromatic carbocycles. The summed E-state index contributed by atoms with van der Waals surface area (Å²) < 4.78 is 27.3. The summed E-state index contributed by atoms with van der Waals surface area (Å²) in [7, 11) is -3.80. The number of halogens is 3. The van der Waals surface area contributed by atoms with Gasteiger partial charge in [-0.15, -0.1) is 11.6 Å². The molecule has 0 fully saturated rings.